The summed E-state index contributed by atoms with van der Waals surface area (Å²) in [5.74, 6) is 1.26. The van der Waals surface area contributed by atoms with Crippen molar-refractivity contribution in [3.05, 3.63) is 65.4 Å². The number of furan rings is 1. The molecule has 0 unspecified atom stereocenters. The van der Waals surface area contributed by atoms with Gasteiger partial charge in [-0.25, -0.2) is 0 Å². The molecule has 0 spiro atoms. The summed E-state index contributed by atoms with van der Waals surface area (Å²) in [6, 6.07) is 15.4. The summed E-state index contributed by atoms with van der Waals surface area (Å²) in [5, 5.41) is 3.93. The summed E-state index contributed by atoms with van der Waals surface area (Å²) in [5.41, 5.74) is 3.04. The number of amides is 1. The van der Waals surface area contributed by atoms with Gasteiger partial charge in [0.2, 0.25) is 0 Å². The fraction of sp³-hybridized carbons (Fsp3) is 0.250. The Labute approximate surface area is 141 Å². The van der Waals surface area contributed by atoms with Gasteiger partial charge in [-0.1, -0.05) is 24.3 Å². The van der Waals surface area contributed by atoms with Gasteiger partial charge in [0.05, 0.1) is 6.04 Å². The van der Waals surface area contributed by atoms with E-state index in [1.165, 1.54) is 0 Å². The molecule has 1 N–H and O–H groups in total. The zero-order chi connectivity index (χ0) is 17.1. The molecule has 1 heterocycles. The molecule has 0 aliphatic carbocycles. The highest BCUT2D eigenvalue weighted by Crippen LogP contribution is 2.23. The highest BCUT2D eigenvalue weighted by Gasteiger charge is 2.14. The lowest BCUT2D eigenvalue weighted by atomic mass is 10.1. The van der Waals surface area contributed by atoms with Crippen molar-refractivity contribution < 1.29 is 13.9 Å². The normalized spacial score (nSPS) is 12.1. The third-order valence-corrected chi connectivity index (χ3v) is 3.81. The van der Waals surface area contributed by atoms with Crippen LogP contribution in [0.25, 0.3) is 11.0 Å². The van der Waals surface area contributed by atoms with Crippen LogP contribution < -0.4 is 10.1 Å². The lowest BCUT2D eigenvalue weighted by Crippen LogP contribution is -2.31. The molecule has 0 bridgehead atoms. The molecule has 4 heteroatoms. The smallest absolute Gasteiger partial charge is 0.258 e. The third-order valence-electron chi connectivity index (χ3n) is 3.81. The predicted octanol–water partition coefficient (Wildman–Crippen LogP) is 4.31. The number of rotatable bonds is 5. The Balaban J connectivity index is 1.59. The first-order chi connectivity index (χ1) is 11.5. The molecule has 0 aliphatic heterocycles. The molecule has 4 nitrogen and oxygen atoms in total. The zero-order valence-electron chi connectivity index (χ0n) is 14.1. The predicted molar refractivity (Wildman–Crippen MR) is 94.2 cm³/mol. The van der Waals surface area contributed by atoms with Gasteiger partial charge in [-0.2, -0.15) is 0 Å². The summed E-state index contributed by atoms with van der Waals surface area (Å²) in [6.07, 6.45) is 0. The summed E-state index contributed by atoms with van der Waals surface area (Å²) in [4.78, 5) is 12.1. The molecule has 3 rings (SSSR count). The second-order valence-electron chi connectivity index (χ2n) is 6.09. The van der Waals surface area contributed by atoms with Crippen molar-refractivity contribution in [1.82, 2.24) is 5.32 Å². The molecular weight excluding hydrogens is 302 g/mol. The Morgan fingerprint density at radius 1 is 1.12 bits per heavy atom. The Kier molecular flexibility index (Phi) is 4.56. The maximum atomic E-state index is 12.1. The minimum atomic E-state index is -0.215. The van der Waals surface area contributed by atoms with E-state index in [0.29, 0.717) is 5.75 Å². The summed E-state index contributed by atoms with van der Waals surface area (Å²) >= 11 is 0. The second-order valence-corrected chi connectivity index (χ2v) is 6.09. The van der Waals surface area contributed by atoms with Gasteiger partial charge in [-0.15, -0.1) is 0 Å². The molecule has 1 aromatic heterocycles. The van der Waals surface area contributed by atoms with Crippen molar-refractivity contribution in [3.63, 3.8) is 0 Å². The third kappa shape index (κ3) is 3.77. The molecule has 0 radical (unpaired) electrons. The highest BCUT2D eigenvalue weighted by atomic mass is 16.5. The average Bonchev–Trinajstić information content (AvgIpc) is 2.96. The van der Waals surface area contributed by atoms with E-state index in [1.807, 2.05) is 63.2 Å². The van der Waals surface area contributed by atoms with E-state index < -0.39 is 0 Å². The molecular formula is C20H21NO3. The maximum Gasteiger partial charge on any atom is 0.258 e. The van der Waals surface area contributed by atoms with Gasteiger partial charge >= 0.3 is 0 Å². The largest absolute Gasteiger partial charge is 0.484 e. The minimum Gasteiger partial charge on any atom is -0.484 e. The number of para-hydroxylation sites is 1. The number of fused-ring (bicyclic) bond motifs is 1. The number of hydrogen-bond donors (Lipinski definition) is 1. The first-order valence-corrected chi connectivity index (χ1v) is 8.00. The molecule has 3 aromatic rings. The van der Waals surface area contributed by atoms with Crippen molar-refractivity contribution in [2.75, 3.05) is 6.61 Å². The van der Waals surface area contributed by atoms with Crippen molar-refractivity contribution in [2.45, 2.75) is 26.8 Å². The Hall–Kier alpha value is -2.75. The van der Waals surface area contributed by atoms with E-state index in [9.17, 15) is 4.79 Å². The molecule has 1 amide bonds. The topological polar surface area (TPSA) is 51.5 Å². The van der Waals surface area contributed by atoms with Gasteiger partial charge in [0, 0.05) is 5.39 Å². The number of carbonyl (C=O) groups excluding carboxylic acids is 1. The van der Waals surface area contributed by atoms with Gasteiger partial charge in [-0.05, 0) is 56.2 Å². The standard InChI is InChI=1S/C20H21NO3/c1-13-8-14(2)10-17(9-13)23-12-20(22)21-15(3)19-11-16-6-4-5-7-18(16)24-19/h4-11,15H,12H2,1-3H3,(H,21,22)/t15-/m0/s1. The quantitative estimate of drug-likeness (QED) is 0.761. The van der Waals surface area contributed by atoms with Crippen molar-refractivity contribution in [2.24, 2.45) is 0 Å². The molecule has 0 fully saturated rings. The SMILES string of the molecule is Cc1cc(C)cc(OCC(=O)N[C@@H](C)c2cc3ccccc3o2)c1. The van der Waals surface area contributed by atoms with Crippen LogP contribution in [-0.2, 0) is 4.79 Å². The molecule has 0 saturated heterocycles. The van der Waals surface area contributed by atoms with E-state index in [1.54, 1.807) is 0 Å². The van der Waals surface area contributed by atoms with Crippen LogP contribution in [0.5, 0.6) is 5.75 Å². The molecule has 2 aromatic carbocycles. The van der Waals surface area contributed by atoms with E-state index in [4.69, 9.17) is 9.15 Å². The van der Waals surface area contributed by atoms with Crippen LogP contribution in [0.15, 0.2) is 52.9 Å². The van der Waals surface area contributed by atoms with Crippen LogP contribution in [0.4, 0.5) is 0 Å². The summed E-state index contributed by atoms with van der Waals surface area (Å²) in [6.45, 7) is 5.88. The fourth-order valence-corrected chi connectivity index (χ4v) is 2.74. The van der Waals surface area contributed by atoms with E-state index in [2.05, 4.69) is 11.4 Å². The number of aryl methyl sites for hydroxylation is 2. The average molecular weight is 323 g/mol. The fourth-order valence-electron chi connectivity index (χ4n) is 2.74. The van der Waals surface area contributed by atoms with Crippen LogP contribution in [0.2, 0.25) is 0 Å². The van der Waals surface area contributed by atoms with E-state index in [-0.39, 0.29) is 18.6 Å². The molecule has 0 aliphatic rings. The van der Waals surface area contributed by atoms with Crippen LogP contribution in [0, 0.1) is 13.8 Å². The number of carbonyl (C=O) groups is 1. The van der Waals surface area contributed by atoms with Gasteiger partial charge in [0.1, 0.15) is 17.1 Å². The van der Waals surface area contributed by atoms with Gasteiger partial charge in [0.15, 0.2) is 6.61 Å². The van der Waals surface area contributed by atoms with Gasteiger partial charge in [-0.3, -0.25) is 4.79 Å². The monoisotopic (exact) mass is 323 g/mol. The van der Waals surface area contributed by atoms with Gasteiger partial charge in [0.25, 0.3) is 5.91 Å². The molecule has 0 saturated carbocycles. The van der Waals surface area contributed by atoms with Crippen molar-refractivity contribution >= 4 is 16.9 Å². The lowest BCUT2D eigenvalue weighted by molar-refractivity contribution is -0.123. The summed E-state index contributed by atoms with van der Waals surface area (Å²) < 4.78 is 11.4. The first-order valence-electron chi connectivity index (χ1n) is 8.00. The van der Waals surface area contributed by atoms with Crippen molar-refractivity contribution in [3.8, 4) is 5.75 Å². The summed E-state index contributed by atoms with van der Waals surface area (Å²) in [7, 11) is 0. The highest BCUT2D eigenvalue weighted by molar-refractivity contribution is 5.79. The van der Waals surface area contributed by atoms with Crippen LogP contribution in [0.1, 0.15) is 29.9 Å². The Morgan fingerprint density at radius 3 is 2.54 bits per heavy atom. The van der Waals surface area contributed by atoms with Crippen molar-refractivity contribution in [1.29, 1.82) is 0 Å². The first kappa shape index (κ1) is 16.1. The Bertz CT molecular complexity index is 813. The Morgan fingerprint density at radius 2 is 1.83 bits per heavy atom. The minimum absolute atomic E-state index is 0.0204. The number of nitrogens with one attached hydrogen (secondary N) is 1. The molecule has 1 atom stereocenters. The second kappa shape index (κ2) is 6.79. The molecule has 24 heavy (non-hydrogen) atoms. The zero-order valence-corrected chi connectivity index (χ0v) is 14.1. The van der Waals surface area contributed by atoms with E-state index in [0.717, 1.165) is 27.9 Å². The number of benzene rings is 2. The molecule has 124 valence electrons. The lowest BCUT2D eigenvalue weighted by Gasteiger charge is -2.12. The van der Waals surface area contributed by atoms with Crippen LogP contribution in [0.3, 0.4) is 0 Å². The van der Waals surface area contributed by atoms with E-state index >= 15 is 0 Å². The van der Waals surface area contributed by atoms with Gasteiger partial charge < -0.3 is 14.5 Å². The van der Waals surface area contributed by atoms with Crippen LogP contribution >= 0.6 is 0 Å². The number of ether oxygens (including phenoxy) is 1. The maximum absolute atomic E-state index is 12.1. The number of hydrogen-bond acceptors (Lipinski definition) is 3. The van der Waals surface area contributed by atoms with Crippen LogP contribution in [-0.4, -0.2) is 12.5 Å².